The maximum atomic E-state index is 9.09. The summed E-state index contributed by atoms with van der Waals surface area (Å²) in [5, 5.41) is 9.09. The molecule has 3 N–H and O–H groups in total. The Kier molecular flexibility index (Phi) is 5.90. The average molecular weight is 242 g/mol. The normalized spacial score (nSPS) is 22.9. The fourth-order valence-electron chi connectivity index (χ4n) is 2.63. The SMILES string of the molecule is CC(C)C1CCN(CCCC(C)(N)CO)CC1. The van der Waals surface area contributed by atoms with Crippen LogP contribution in [-0.4, -0.2) is 41.8 Å². The first-order chi connectivity index (χ1) is 7.94. The second-order valence-corrected chi connectivity index (χ2v) is 6.34. The van der Waals surface area contributed by atoms with Gasteiger partial charge in [0.1, 0.15) is 0 Å². The fourth-order valence-corrected chi connectivity index (χ4v) is 2.63. The second-order valence-electron chi connectivity index (χ2n) is 6.34. The molecule has 3 nitrogen and oxygen atoms in total. The zero-order valence-electron chi connectivity index (χ0n) is 11.8. The van der Waals surface area contributed by atoms with Crippen molar-refractivity contribution in [2.24, 2.45) is 17.6 Å². The lowest BCUT2D eigenvalue weighted by molar-refractivity contribution is 0.146. The van der Waals surface area contributed by atoms with Gasteiger partial charge in [-0.2, -0.15) is 0 Å². The monoisotopic (exact) mass is 242 g/mol. The Morgan fingerprint density at radius 1 is 1.35 bits per heavy atom. The minimum atomic E-state index is -0.393. The zero-order chi connectivity index (χ0) is 12.9. The number of aliphatic hydroxyl groups is 1. The van der Waals surface area contributed by atoms with E-state index < -0.39 is 5.54 Å². The summed E-state index contributed by atoms with van der Waals surface area (Å²) in [6, 6.07) is 0. The van der Waals surface area contributed by atoms with Crippen LogP contribution in [0.15, 0.2) is 0 Å². The van der Waals surface area contributed by atoms with E-state index in [0.29, 0.717) is 0 Å². The van der Waals surface area contributed by atoms with Gasteiger partial charge in [0.2, 0.25) is 0 Å². The van der Waals surface area contributed by atoms with E-state index in [-0.39, 0.29) is 6.61 Å². The summed E-state index contributed by atoms with van der Waals surface area (Å²) in [5.41, 5.74) is 5.53. The molecule has 0 aliphatic carbocycles. The standard InChI is InChI=1S/C14H30N2O/c1-12(2)13-5-9-16(10-6-13)8-4-7-14(3,15)11-17/h12-13,17H,4-11,15H2,1-3H3. The van der Waals surface area contributed by atoms with Crippen LogP contribution in [0.4, 0.5) is 0 Å². The van der Waals surface area contributed by atoms with Crippen molar-refractivity contribution in [1.29, 1.82) is 0 Å². The van der Waals surface area contributed by atoms with Crippen LogP contribution in [0.3, 0.4) is 0 Å². The first kappa shape index (κ1) is 14.9. The Balaban J connectivity index is 2.14. The first-order valence-electron chi connectivity index (χ1n) is 7.07. The van der Waals surface area contributed by atoms with Gasteiger partial charge in [-0.25, -0.2) is 0 Å². The molecule has 0 aromatic heterocycles. The molecule has 1 unspecified atom stereocenters. The molecule has 1 rings (SSSR count). The van der Waals surface area contributed by atoms with Gasteiger partial charge < -0.3 is 15.7 Å². The molecule has 1 saturated heterocycles. The average Bonchev–Trinajstić information content (AvgIpc) is 2.29. The van der Waals surface area contributed by atoms with Crippen molar-refractivity contribution in [1.82, 2.24) is 4.90 Å². The Morgan fingerprint density at radius 2 is 1.94 bits per heavy atom. The van der Waals surface area contributed by atoms with E-state index in [0.717, 1.165) is 31.2 Å². The van der Waals surface area contributed by atoms with E-state index in [1.807, 2.05) is 6.92 Å². The van der Waals surface area contributed by atoms with Crippen LogP contribution in [0.1, 0.15) is 46.5 Å². The quantitative estimate of drug-likeness (QED) is 0.747. The van der Waals surface area contributed by atoms with Crippen LogP contribution >= 0.6 is 0 Å². The molecule has 0 radical (unpaired) electrons. The number of aliphatic hydroxyl groups excluding tert-OH is 1. The molecule has 1 aliphatic heterocycles. The molecule has 3 heteroatoms. The van der Waals surface area contributed by atoms with Crippen LogP contribution in [-0.2, 0) is 0 Å². The topological polar surface area (TPSA) is 49.5 Å². The third-order valence-corrected chi connectivity index (χ3v) is 4.16. The van der Waals surface area contributed by atoms with Crippen molar-refractivity contribution < 1.29 is 5.11 Å². The maximum absolute atomic E-state index is 9.09. The molecule has 0 aromatic rings. The lowest BCUT2D eigenvalue weighted by atomic mass is 9.86. The summed E-state index contributed by atoms with van der Waals surface area (Å²) < 4.78 is 0. The van der Waals surface area contributed by atoms with Crippen molar-refractivity contribution in [2.75, 3.05) is 26.2 Å². The number of nitrogens with two attached hydrogens (primary N) is 1. The molecule has 0 aromatic carbocycles. The van der Waals surface area contributed by atoms with E-state index in [1.165, 1.54) is 25.9 Å². The van der Waals surface area contributed by atoms with Crippen molar-refractivity contribution >= 4 is 0 Å². The first-order valence-corrected chi connectivity index (χ1v) is 7.07. The second kappa shape index (κ2) is 6.72. The number of likely N-dealkylation sites (tertiary alicyclic amines) is 1. The van der Waals surface area contributed by atoms with Crippen molar-refractivity contribution in [3.8, 4) is 0 Å². The Hall–Kier alpha value is -0.120. The van der Waals surface area contributed by atoms with Crippen LogP contribution < -0.4 is 5.73 Å². The van der Waals surface area contributed by atoms with Gasteiger partial charge in [0.25, 0.3) is 0 Å². The highest BCUT2D eigenvalue weighted by Gasteiger charge is 2.22. The van der Waals surface area contributed by atoms with Gasteiger partial charge in [-0.1, -0.05) is 13.8 Å². The van der Waals surface area contributed by atoms with Gasteiger partial charge in [0.05, 0.1) is 6.61 Å². The molecular formula is C14H30N2O. The van der Waals surface area contributed by atoms with E-state index >= 15 is 0 Å². The smallest absolute Gasteiger partial charge is 0.0608 e. The highest BCUT2D eigenvalue weighted by atomic mass is 16.3. The van der Waals surface area contributed by atoms with Gasteiger partial charge >= 0.3 is 0 Å². The molecule has 102 valence electrons. The van der Waals surface area contributed by atoms with Crippen LogP contribution in [0, 0.1) is 11.8 Å². The molecule has 0 saturated carbocycles. The maximum Gasteiger partial charge on any atom is 0.0608 e. The summed E-state index contributed by atoms with van der Waals surface area (Å²) in [4.78, 5) is 2.55. The molecule has 17 heavy (non-hydrogen) atoms. The minimum Gasteiger partial charge on any atom is -0.394 e. The zero-order valence-corrected chi connectivity index (χ0v) is 11.8. The fraction of sp³-hybridized carbons (Fsp3) is 1.00. The lowest BCUT2D eigenvalue weighted by Gasteiger charge is -2.34. The van der Waals surface area contributed by atoms with Crippen molar-refractivity contribution in [3.63, 3.8) is 0 Å². The largest absolute Gasteiger partial charge is 0.394 e. The summed E-state index contributed by atoms with van der Waals surface area (Å²) in [5.74, 6) is 1.75. The van der Waals surface area contributed by atoms with Crippen molar-refractivity contribution in [3.05, 3.63) is 0 Å². The van der Waals surface area contributed by atoms with E-state index in [9.17, 15) is 0 Å². The number of hydrogen-bond donors (Lipinski definition) is 2. The molecular weight excluding hydrogens is 212 g/mol. The third kappa shape index (κ3) is 5.36. The molecule has 1 heterocycles. The van der Waals surface area contributed by atoms with Crippen LogP contribution in [0.5, 0.6) is 0 Å². The van der Waals surface area contributed by atoms with E-state index in [2.05, 4.69) is 18.7 Å². The van der Waals surface area contributed by atoms with Gasteiger partial charge in [-0.15, -0.1) is 0 Å². The molecule has 1 aliphatic rings. The van der Waals surface area contributed by atoms with E-state index in [1.54, 1.807) is 0 Å². The van der Waals surface area contributed by atoms with E-state index in [4.69, 9.17) is 10.8 Å². The van der Waals surface area contributed by atoms with Crippen molar-refractivity contribution in [2.45, 2.75) is 52.0 Å². The highest BCUT2D eigenvalue weighted by Crippen LogP contribution is 2.24. The Labute approximate surface area is 106 Å². The van der Waals surface area contributed by atoms with Crippen LogP contribution in [0.25, 0.3) is 0 Å². The molecule has 1 atom stereocenters. The number of hydrogen-bond acceptors (Lipinski definition) is 3. The van der Waals surface area contributed by atoms with Crippen LogP contribution in [0.2, 0.25) is 0 Å². The minimum absolute atomic E-state index is 0.0857. The number of rotatable bonds is 6. The summed E-state index contributed by atoms with van der Waals surface area (Å²) in [6.07, 6.45) is 4.70. The van der Waals surface area contributed by atoms with Gasteiger partial charge in [-0.05, 0) is 64.1 Å². The van der Waals surface area contributed by atoms with Gasteiger partial charge in [0.15, 0.2) is 0 Å². The number of piperidine rings is 1. The third-order valence-electron chi connectivity index (χ3n) is 4.16. The van der Waals surface area contributed by atoms with Gasteiger partial charge in [-0.3, -0.25) is 0 Å². The predicted molar refractivity (Wildman–Crippen MR) is 72.9 cm³/mol. The highest BCUT2D eigenvalue weighted by molar-refractivity contribution is 4.79. The summed E-state index contributed by atoms with van der Waals surface area (Å²) in [7, 11) is 0. The Bertz CT molecular complexity index is 208. The molecule has 0 bridgehead atoms. The van der Waals surface area contributed by atoms with Gasteiger partial charge in [0, 0.05) is 5.54 Å². The predicted octanol–water partition coefficient (Wildman–Crippen LogP) is 1.84. The Morgan fingerprint density at radius 3 is 2.41 bits per heavy atom. The summed E-state index contributed by atoms with van der Waals surface area (Å²) in [6.45, 7) is 10.3. The summed E-state index contributed by atoms with van der Waals surface area (Å²) >= 11 is 0. The molecule has 0 spiro atoms. The lowest BCUT2D eigenvalue weighted by Crippen LogP contribution is -2.41. The molecule has 0 amide bonds. The number of nitrogens with zero attached hydrogens (tertiary/aromatic N) is 1. The molecule has 1 fully saturated rings.